The topological polar surface area (TPSA) is 70.4 Å². The monoisotopic (exact) mass is 298 g/mol. The van der Waals surface area contributed by atoms with Crippen LogP contribution < -0.4 is 15.0 Å². The highest BCUT2D eigenvalue weighted by Crippen LogP contribution is 2.26. The first-order valence-corrected chi connectivity index (χ1v) is 7.22. The molecule has 0 amide bonds. The maximum absolute atomic E-state index is 11.7. The number of fused-ring (bicyclic) bond motifs is 2. The van der Waals surface area contributed by atoms with E-state index in [2.05, 4.69) is 4.98 Å². The van der Waals surface area contributed by atoms with E-state index in [4.69, 9.17) is 9.47 Å². The molecule has 1 aliphatic heterocycles. The average Bonchev–Trinajstić information content (AvgIpc) is 3.08. The third-order valence-corrected chi connectivity index (χ3v) is 3.96. The highest BCUT2D eigenvalue weighted by atomic mass is 16.6. The van der Waals surface area contributed by atoms with Gasteiger partial charge in [0.1, 0.15) is 12.4 Å². The van der Waals surface area contributed by atoms with Gasteiger partial charge >= 0.3 is 0 Å². The van der Waals surface area contributed by atoms with Crippen molar-refractivity contribution in [3.8, 4) is 11.8 Å². The van der Waals surface area contributed by atoms with Crippen LogP contribution >= 0.6 is 0 Å². The van der Waals surface area contributed by atoms with Gasteiger partial charge in [-0.05, 0) is 24.1 Å². The van der Waals surface area contributed by atoms with E-state index in [1.54, 1.807) is 16.8 Å². The van der Waals surface area contributed by atoms with Crippen molar-refractivity contribution in [3.63, 3.8) is 0 Å². The highest BCUT2D eigenvalue weighted by molar-refractivity contribution is 6.00. The Labute approximate surface area is 126 Å². The summed E-state index contributed by atoms with van der Waals surface area (Å²) in [5, 5.41) is 0. The quantitative estimate of drug-likeness (QED) is 0.852. The number of nitrogens with zero attached hydrogens (tertiary/aromatic N) is 2. The standard InChI is InChI=1S/C16H14N2O4/c19-14-4-2-10-1-3-11(7-13(10)14)21-9-12-8-18-6-5-15(20)17-16(18)22-12/h1,3,5-7,12H,2,4,8-9H2. The molecule has 6 nitrogen and oxygen atoms in total. The van der Waals surface area contributed by atoms with Gasteiger partial charge in [-0.15, -0.1) is 0 Å². The number of benzene rings is 1. The largest absolute Gasteiger partial charge is 0.490 e. The normalized spacial score (nSPS) is 18.7. The minimum absolute atomic E-state index is 0.174. The van der Waals surface area contributed by atoms with Gasteiger partial charge in [-0.1, -0.05) is 6.07 Å². The van der Waals surface area contributed by atoms with Crippen LogP contribution in [0.25, 0.3) is 0 Å². The third kappa shape index (κ3) is 2.26. The second-order valence-corrected chi connectivity index (χ2v) is 5.49. The highest BCUT2D eigenvalue weighted by Gasteiger charge is 2.24. The average molecular weight is 298 g/mol. The second kappa shape index (κ2) is 4.98. The number of ketones is 1. The Bertz CT molecular complexity index is 812. The lowest BCUT2D eigenvalue weighted by Crippen LogP contribution is -2.23. The number of hydrogen-bond acceptors (Lipinski definition) is 5. The summed E-state index contributed by atoms with van der Waals surface area (Å²) in [5.74, 6) is 0.837. The van der Waals surface area contributed by atoms with E-state index in [0.717, 1.165) is 17.5 Å². The van der Waals surface area contributed by atoms with Crippen molar-refractivity contribution < 1.29 is 14.3 Å². The molecule has 1 aromatic carbocycles. The predicted molar refractivity (Wildman–Crippen MR) is 77.5 cm³/mol. The number of aromatic nitrogens is 2. The van der Waals surface area contributed by atoms with Crippen molar-refractivity contribution in [3.05, 3.63) is 51.9 Å². The van der Waals surface area contributed by atoms with Gasteiger partial charge in [-0.25, -0.2) is 0 Å². The first-order valence-electron chi connectivity index (χ1n) is 7.22. The van der Waals surface area contributed by atoms with Crippen LogP contribution in [0.1, 0.15) is 22.3 Å². The fourth-order valence-electron chi connectivity index (χ4n) is 2.83. The maximum atomic E-state index is 11.7. The van der Waals surface area contributed by atoms with Crippen molar-refractivity contribution in [2.45, 2.75) is 25.5 Å². The smallest absolute Gasteiger partial charge is 0.300 e. The Kier molecular flexibility index (Phi) is 2.96. The number of carbonyl (C=O) groups excluding carboxylic acids is 1. The van der Waals surface area contributed by atoms with Crippen LogP contribution in [0.2, 0.25) is 0 Å². The molecule has 6 heteroatoms. The zero-order valence-corrected chi connectivity index (χ0v) is 11.8. The van der Waals surface area contributed by atoms with Crippen molar-refractivity contribution in [2.75, 3.05) is 6.61 Å². The molecule has 4 rings (SSSR count). The Balaban J connectivity index is 1.43. The van der Waals surface area contributed by atoms with Gasteiger partial charge in [-0.2, -0.15) is 4.98 Å². The number of aryl methyl sites for hydroxylation is 1. The predicted octanol–water partition coefficient (Wildman–Crippen LogP) is 1.21. The van der Waals surface area contributed by atoms with Gasteiger partial charge in [0.25, 0.3) is 11.6 Å². The molecule has 1 atom stereocenters. The number of Topliss-reactive ketones (excluding diaryl/α,β-unsaturated/α-hetero) is 1. The molecule has 1 aromatic heterocycles. The number of carbonyl (C=O) groups is 1. The molecule has 2 aromatic rings. The maximum Gasteiger partial charge on any atom is 0.300 e. The van der Waals surface area contributed by atoms with E-state index >= 15 is 0 Å². The van der Waals surface area contributed by atoms with Crippen molar-refractivity contribution in [1.29, 1.82) is 0 Å². The summed E-state index contributed by atoms with van der Waals surface area (Å²) >= 11 is 0. The summed E-state index contributed by atoms with van der Waals surface area (Å²) in [7, 11) is 0. The van der Waals surface area contributed by atoms with Crippen LogP contribution in [-0.2, 0) is 13.0 Å². The van der Waals surface area contributed by atoms with Crippen molar-refractivity contribution in [1.82, 2.24) is 9.55 Å². The molecule has 0 radical (unpaired) electrons. The molecule has 0 fully saturated rings. The first kappa shape index (κ1) is 13.1. The van der Waals surface area contributed by atoms with E-state index in [1.165, 1.54) is 6.07 Å². The molecule has 2 aliphatic rings. The summed E-state index contributed by atoms with van der Waals surface area (Å²) < 4.78 is 13.1. The Morgan fingerprint density at radius 1 is 1.27 bits per heavy atom. The number of rotatable bonds is 3. The van der Waals surface area contributed by atoms with Gasteiger partial charge in [0.05, 0.1) is 6.54 Å². The molecular formula is C16H14N2O4. The van der Waals surface area contributed by atoms with E-state index in [9.17, 15) is 9.59 Å². The SMILES string of the molecule is O=C1CCc2ccc(OCC3Cn4ccc(=O)nc4O3)cc21. The lowest BCUT2D eigenvalue weighted by molar-refractivity contribution is 0.0994. The van der Waals surface area contributed by atoms with Gasteiger partial charge < -0.3 is 9.47 Å². The van der Waals surface area contributed by atoms with Gasteiger partial charge in [-0.3, -0.25) is 14.2 Å². The van der Waals surface area contributed by atoms with Crippen LogP contribution in [-0.4, -0.2) is 28.0 Å². The molecule has 1 aliphatic carbocycles. The molecule has 112 valence electrons. The molecule has 22 heavy (non-hydrogen) atoms. The van der Waals surface area contributed by atoms with Crippen LogP contribution in [0.5, 0.6) is 11.8 Å². The fourth-order valence-corrected chi connectivity index (χ4v) is 2.83. The van der Waals surface area contributed by atoms with Crippen LogP contribution in [0, 0.1) is 0 Å². The molecule has 0 saturated carbocycles. The summed E-state index contributed by atoms with van der Waals surface area (Å²) in [6, 6.07) is 7.35. The number of ether oxygens (including phenoxy) is 2. The molecule has 2 heterocycles. The van der Waals surface area contributed by atoms with E-state index in [0.29, 0.717) is 31.3 Å². The number of hydrogen-bond donors (Lipinski definition) is 0. The summed E-state index contributed by atoms with van der Waals surface area (Å²) in [6.45, 7) is 0.928. The summed E-state index contributed by atoms with van der Waals surface area (Å²) in [6.07, 6.45) is 2.87. The van der Waals surface area contributed by atoms with E-state index in [1.807, 2.05) is 12.1 Å². The van der Waals surface area contributed by atoms with Crippen LogP contribution in [0.15, 0.2) is 35.3 Å². The Hall–Kier alpha value is -2.63. The Morgan fingerprint density at radius 3 is 3.09 bits per heavy atom. The molecule has 0 saturated heterocycles. The minimum atomic E-state index is -0.315. The van der Waals surface area contributed by atoms with Crippen molar-refractivity contribution >= 4 is 5.78 Å². The zero-order valence-electron chi connectivity index (χ0n) is 11.8. The minimum Gasteiger partial charge on any atom is -0.490 e. The molecule has 0 spiro atoms. The van der Waals surface area contributed by atoms with E-state index < -0.39 is 0 Å². The lowest BCUT2D eigenvalue weighted by Gasteiger charge is -2.11. The van der Waals surface area contributed by atoms with Gasteiger partial charge in [0.15, 0.2) is 11.9 Å². The van der Waals surface area contributed by atoms with Crippen molar-refractivity contribution in [2.24, 2.45) is 0 Å². The van der Waals surface area contributed by atoms with E-state index in [-0.39, 0.29) is 17.4 Å². The Morgan fingerprint density at radius 2 is 2.18 bits per heavy atom. The molecule has 0 N–H and O–H groups in total. The van der Waals surface area contributed by atoms with Gasteiger partial charge in [0, 0.05) is 24.2 Å². The van der Waals surface area contributed by atoms with Gasteiger partial charge in [0.2, 0.25) is 0 Å². The first-order chi connectivity index (χ1) is 10.7. The fraction of sp³-hybridized carbons (Fsp3) is 0.312. The second-order valence-electron chi connectivity index (χ2n) is 5.49. The summed E-state index contributed by atoms with van der Waals surface area (Å²) in [4.78, 5) is 26.7. The lowest BCUT2D eigenvalue weighted by atomic mass is 10.1. The molecule has 0 bridgehead atoms. The third-order valence-electron chi connectivity index (χ3n) is 3.96. The molecular weight excluding hydrogens is 284 g/mol. The van der Waals surface area contributed by atoms with Crippen LogP contribution in [0.3, 0.4) is 0 Å². The summed E-state index contributed by atoms with van der Waals surface area (Å²) in [5.41, 5.74) is 1.54. The zero-order chi connectivity index (χ0) is 15.1. The van der Waals surface area contributed by atoms with Crippen LogP contribution in [0.4, 0.5) is 0 Å². The molecule has 1 unspecified atom stereocenters.